The Morgan fingerprint density at radius 2 is 1.68 bits per heavy atom. The minimum Gasteiger partial charge on any atom is -0.444 e. The second kappa shape index (κ2) is 13.4. The van der Waals surface area contributed by atoms with Gasteiger partial charge in [0, 0.05) is 76.1 Å². The van der Waals surface area contributed by atoms with E-state index in [1.807, 2.05) is 29.8 Å². The van der Waals surface area contributed by atoms with Gasteiger partial charge < -0.3 is 25.6 Å². The van der Waals surface area contributed by atoms with Crippen molar-refractivity contribution >= 4 is 23.6 Å². The lowest BCUT2D eigenvalue weighted by atomic mass is 9.84. The van der Waals surface area contributed by atoms with E-state index in [2.05, 4.69) is 10.2 Å². The van der Waals surface area contributed by atoms with Crippen molar-refractivity contribution in [3.63, 3.8) is 0 Å². The summed E-state index contributed by atoms with van der Waals surface area (Å²) in [5.74, 6) is -1.15. The lowest BCUT2D eigenvalue weighted by Crippen LogP contribution is -2.63. The van der Waals surface area contributed by atoms with E-state index in [1.165, 1.54) is 12.1 Å². The van der Waals surface area contributed by atoms with Gasteiger partial charge in [-0.15, -0.1) is 0 Å². The van der Waals surface area contributed by atoms with Gasteiger partial charge in [-0.05, 0) is 74.7 Å². The molecule has 3 aliphatic rings. The van der Waals surface area contributed by atoms with Crippen molar-refractivity contribution in [1.29, 1.82) is 0 Å². The predicted molar refractivity (Wildman–Crippen MR) is 172 cm³/mol. The number of alkyl halides is 3. The van der Waals surface area contributed by atoms with E-state index in [9.17, 15) is 27.6 Å². The third-order valence-corrected chi connectivity index (χ3v) is 9.17. The SMILES string of the molecule is C[C@H]1CN(C(C(N)=O)C2CN(C(=O)OC(C)(C)C)C2)Cc2cc(C(=O)Nc3ccc(CN4CCN(C)CC4)c(C(F)(F)F)c3)ccc21. The maximum absolute atomic E-state index is 14.1. The normalized spacial score (nSPS) is 20.7. The molecule has 0 aromatic heterocycles. The van der Waals surface area contributed by atoms with Crippen molar-refractivity contribution in [2.45, 2.75) is 64.5 Å². The summed E-state index contributed by atoms with van der Waals surface area (Å²) in [6, 6.07) is 8.59. The molecule has 0 radical (unpaired) electrons. The molecule has 3 aliphatic heterocycles. The van der Waals surface area contributed by atoms with E-state index in [0.29, 0.717) is 44.8 Å². The van der Waals surface area contributed by atoms with Crippen LogP contribution in [0.3, 0.4) is 0 Å². The standard InChI is InChI=1S/C34H45F3N6O4/c1-21-16-42(29(30(38)44)25-19-43(20-25)32(46)47-33(2,3)4)18-24-14-22(7-9-27(21)24)31(45)39-26-8-6-23(28(15-26)34(35,36)37)17-41-12-10-40(5)11-13-41/h6-9,14-15,21,25,29H,10-13,16-20H2,1-5H3,(H2,38,44)(H,39,45)/t21-,29?/m0/s1. The van der Waals surface area contributed by atoms with Crippen LogP contribution in [-0.2, 0) is 28.8 Å². The van der Waals surface area contributed by atoms with Crippen molar-refractivity contribution in [3.05, 3.63) is 64.2 Å². The van der Waals surface area contributed by atoms with Crippen LogP contribution in [0.4, 0.5) is 23.7 Å². The second-order valence-corrected chi connectivity index (χ2v) is 14.1. The molecule has 2 aromatic carbocycles. The van der Waals surface area contributed by atoms with Gasteiger partial charge in [-0.1, -0.05) is 19.1 Å². The molecule has 0 bridgehead atoms. The summed E-state index contributed by atoms with van der Waals surface area (Å²) in [5.41, 5.74) is 6.88. The van der Waals surface area contributed by atoms with Crippen LogP contribution >= 0.6 is 0 Å². The van der Waals surface area contributed by atoms with Crippen LogP contribution in [0, 0.1) is 5.92 Å². The van der Waals surface area contributed by atoms with Crippen LogP contribution in [0.1, 0.15) is 66.2 Å². The number of nitrogens with one attached hydrogen (secondary N) is 1. The van der Waals surface area contributed by atoms with Gasteiger partial charge in [-0.3, -0.25) is 19.4 Å². The molecule has 2 saturated heterocycles. The molecule has 47 heavy (non-hydrogen) atoms. The summed E-state index contributed by atoms with van der Waals surface area (Å²) in [4.78, 5) is 46.1. The first-order valence-electron chi connectivity index (χ1n) is 16.0. The Morgan fingerprint density at radius 3 is 2.30 bits per heavy atom. The number of carbonyl (C=O) groups is 3. The third kappa shape index (κ3) is 8.25. The number of primary amides is 1. The van der Waals surface area contributed by atoms with E-state index in [0.717, 1.165) is 30.3 Å². The highest BCUT2D eigenvalue weighted by Crippen LogP contribution is 2.36. The number of amides is 3. The third-order valence-electron chi connectivity index (χ3n) is 9.17. The van der Waals surface area contributed by atoms with Crippen LogP contribution < -0.4 is 11.1 Å². The topological polar surface area (TPSA) is 111 Å². The molecule has 2 aromatic rings. The van der Waals surface area contributed by atoms with E-state index in [-0.39, 0.29) is 29.6 Å². The molecule has 13 heteroatoms. The zero-order valence-electron chi connectivity index (χ0n) is 27.7. The lowest BCUT2D eigenvalue weighted by Gasteiger charge is -2.47. The summed E-state index contributed by atoms with van der Waals surface area (Å²) in [6.45, 7) is 12.2. The number of fused-ring (bicyclic) bond motifs is 1. The number of anilines is 1. The number of nitrogens with zero attached hydrogens (tertiary/aromatic N) is 4. The Bertz CT molecular complexity index is 1500. The van der Waals surface area contributed by atoms with E-state index in [1.54, 1.807) is 37.8 Å². The molecular weight excluding hydrogens is 613 g/mol. The molecule has 10 nitrogen and oxygen atoms in total. The fourth-order valence-electron chi connectivity index (χ4n) is 6.71. The predicted octanol–water partition coefficient (Wildman–Crippen LogP) is 4.35. The second-order valence-electron chi connectivity index (χ2n) is 14.1. The molecule has 5 rings (SSSR count). The molecule has 3 amide bonds. The molecule has 256 valence electrons. The van der Waals surface area contributed by atoms with E-state index in [4.69, 9.17) is 10.5 Å². The molecule has 3 N–H and O–H groups in total. The molecule has 2 atom stereocenters. The molecule has 0 aliphatic carbocycles. The summed E-state index contributed by atoms with van der Waals surface area (Å²) in [6.07, 6.45) is -5.01. The maximum Gasteiger partial charge on any atom is 0.416 e. The zero-order valence-corrected chi connectivity index (χ0v) is 27.7. The monoisotopic (exact) mass is 658 g/mol. The quantitative estimate of drug-likeness (QED) is 0.456. The number of hydrogen-bond acceptors (Lipinski definition) is 7. The Balaban J connectivity index is 1.28. The first kappa shape index (κ1) is 34.6. The van der Waals surface area contributed by atoms with Gasteiger partial charge in [-0.2, -0.15) is 13.2 Å². The van der Waals surface area contributed by atoms with Crippen molar-refractivity contribution < 1.29 is 32.3 Å². The smallest absolute Gasteiger partial charge is 0.416 e. The minimum absolute atomic E-state index is 0.0296. The number of benzene rings is 2. The number of ether oxygens (including phenoxy) is 1. The van der Waals surface area contributed by atoms with Gasteiger partial charge in [0.25, 0.3) is 5.91 Å². The van der Waals surface area contributed by atoms with Gasteiger partial charge >= 0.3 is 12.3 Å². The molecule has 2 fully saturated rings. The Kier molecular flexibility index (Phi) is 9.91. The van der Waals surface area contributed by atoms with Crippen LogP contribution in [0.15, 0.2) is 36.4 Å². The first-order chi connectivity index (χ1) is 22.0. The number of carbonyl (C=O) groups excluding carboxylic acids is 3. The summed E-state index contributed by atoms with van der Waals surface area (Å²) in [5, 5.41) is 2.65. The average Bonchev–Trinajstić information content (AvgIpc) is 2.94. The van der Waals surface area contributed by atoms with Crippen molar-refractivity contribution in [2.24, 2.45) is 11.7 Å². The number of likely N-dealkylation sites (tertiary alicyclic amines) is 1. The number of rotatable bonds is 7. The highest BCUT2D eigenvalue weighted by molar-refractivity contribution is 6.04. The largest absolute Gasteiger partial charge is 0.444 e. The van der Waals surface area contributed by atoms with Crippen molar-refractivity contribution in [3.8, 4) is 0 Å². The fraction of sp³-hybridized carbons (Fsp3) is 0.559. The maximum atomic E-state index is 14.1. The highest BCUT2D eigenvalue weighted by Gasteiger charge is 2.44. The zero-order chi connectivity index (χ0) is 34.3. The van der Waals surface area contributed by atoms with Gasteiger partial charge in [0.1, 0.15) is 5.60 Å². The Morgan fingerprint density at radius 1 is 1.00 bits per heavy atom. The van der Waals surface area contributed by atoms with Gasteiger partial charge in [0.2, 0.25) is 5.91 Å². The Labute approximate surface area is 274 Å². The lowest BCUT2D eigenvalue weighted by molar-refractivity contribution is -0.138. The summed E-state index contributed by atoms with van der Waals surface area (Å²) in [7, 11) is 1.99. The number of nitrogens with two attached hydrogens (primary N) is 1. The highest BCUT2D eigenvalue weighted by atomic mass is 19.4. The number of halogens is 3. The number of piperazine rings is 1. The van der Waals surface area contributed by atoms with Crippen LogP contribution in [0.25, 0.3) is 0 Å². The van der Waals surface area contributed by atoms with Gasteiger partial charge in [-0.25, -0.2) is 4.79 Å². The van der Waals surface area contributed by atoms with Crippen LogP contribution in [0.5, 0.6) is 0 Å². The van der Waals surface area contributed by atoms with Crippen LogP contribution in [0.2, 0.25) is 0 Å². The van der Waals surface area contributed by atoms with Crippen molar-refractivity contribution in [2.75, 3.05) is 58.2 Å². The van der Waals surface area contributed by atoms with Crippen molar-refractivity contribution in [1.82, 2.24) is 19.6 Å². The minimum atomic E-state index is -4.57. The van der Waals surface area contributed by atoms with E-state index >= 15 is 0 Å². The number of likely N-dealkylation sites (N-methyl/N-ethyl adjacent to an activating group) is 1. The molecule has 1 unspecified atom stereocenters. The summed E-state index contributed by atoms with van der Waals surface area (Å²) < 4.78 is 47.7. The Hall–Kier alpha value is -3.68. The fourth-order valence-corrected chi connectivity index (χ4v) is 6.71. The average molecular weight is 659 g/mol. The van der Waals surface area contributed by atoms with E-state index < -0.39 is 41.3 Å². The molecular formula is C34H45F3N6O4. The first-order valence-corrected chi connectivity index (χ1v) is 16.0. The summed E-state index contributed by atoms with van der Waals surface area (Å²) >= 11 is 0. The molecule has 0 saturated carbocycles. The molecule has 0 spiro atoms. The van der Waals surface area contributed by atoms with Crippen LogP contribution in [-0.4, -0.2) is 102 Å². The number of hydrogen-bond donors (Lipinski definition) is 2. The molecule has 3 heterocycles. The van der Waals surface area contributed by atoms with Gasteiger partial charge in [0.05, 0.1) is 11.6 Å². The van der Waals surface area contributed by atoms with Gasteiger partial charge in [0.15, 0.2) is 0 Å².